The molecule has 1 heterocycles. The third-order valence-corrected chi connectivity index (χ3v) is 4.55. The van der Waals surface area contributed by atoms with Gasteiger partial charge in [0.1, 0.15) is 0 Å². The summed E-state index contributed by atoms with van der Waals surface area (Å²) in [5, 5.41) is 0. The van der Waals surface area contributed by atoms with Crippen molar-refractivity contribution in [2.24, 2.45) is 17.1 Å². The predicted octanol–water partition coefficient (Wildman–Crippen LogP) is 2.05. The van der Waals surface area contributed by atoms with Crippen LogP contribution in [-0.4, -0.2) is 42.7 Å². The highest BCUT2D eigenvalue weighted by Gasteiger charge is 2.28. The van der Waals surface area contributed by atoms with Crippen LogP contribution in [0.2, 0.25) is 0 Å². The number of piperidine rings is 1. The molecule has 100 valence electrons. The van der Waals surface area contributed by atoms with Gasteiger partial charge in [-0.2, -0.15) is 0 Å². The van der Waals surface area contributed by atoms with E-state index in [2.05, 4.69) is 25.7 Å². The summed E-state index contributed by atoms with van der Waals surface area (Å²) in [5.41, 5.74) is 5.71. The highest BCUT2D eigenvalue weighted by atomic mass is 32.1. The quantitative estimate of drug-likeness (QED) is 0.766. The van der Waals surface area contributed by atoms with Gasteiger partial charge in [-0.3, -0.25) is 0 Å². The molecule has 0 aliphatic carbocycles. The summed E-state index contributed by atoms with van der Waals surface area (Å²) in [6.45, 7) is 9.76. The highest BCUT2D eigenvalue weighted by molar-refractivity contribution is 7.80. The fraction of sp³-hybridized carbons (Fsp3) is 0.923. The average Bonchev–Trinajstić information content (AvgIpc) is 2.28. The summed E-state index contributed by atoms with van der Waals surface area (Å²) in [5.74, 6) is 0.667. The molecule has 0 aromatic rings. The molecule has 0 aromatic heterocycles. The second kappa shape index (κ2) is 6.12. The number of hydrogen-bond donors (Lipinski definition) is 1. The molecular formula is C13H26N2OS. The molecule has 2 unspecified atom stereocenters. The summed E-state index contributed by atoms with van der Waals surface area (Å²) in [4.78, 5) is 3.08. The molecule has 1 aliphatic rings. The van der Waals surface area contributed by atoms with Crippen molar-refractivity contribution in [1.82, 2.24) is 4.90 Å². The summed E-state index contributed by atoms with van der Waals surface area (Å²) < 4.78 is 5.52. The second-order valence-corrected chi connectivity index (χ2v) is 6.28. The van der Waals surface area contributed by atoms with E-state index in [0.29, 0.717) is 17.0 Å². The average molecular weight is 258 g/mol. The number of nitrogens with zero attached hydrogens (tertiary/aromatic N) is 1. The molecule has 4 heteroatoms. The van der Waals surface area contributed by atoms with E-state index in [1.165, 1.54) is 6.42 Å². The fourth-order valence-electron chi connectivity index (χ4n) is 2.17. The lowest BCUT2D eigenvalue weighted by Gasteiger charge is -2.37. The summed E-state index contributed by atoms with van der Waals surface area (Å²) in [7, 11) is 1.81. The monoisotopic (exact) mass is 258 g/mol. The summed E-state index contributed by atoms with van der Waals surface area (Å²) in [6, 6.07) is 0. The normalized spacial score (nSPS) is 27.1. The topological polar surface area (TPSA) is 38.5 Å². The largest absolute Gasteiger partial charge is 0.393 e. The Balaban J connectivity index is 2.41. The van der Waals surface area contributed by atoms with Gasteiger partial charge in [-0.25, -0.2) is 0 Å². The van der Waals surface area contributed by atoms with E-state index in [-0.39, 0.29) is 5.41 Å². The molecule has 1 rings (SSSR count). The van der Waals surface area contributed by atoms with Crippen molar-refractivity contribution in [2.45, 2.75) is 39.7 Å². The Bertz CT molecular complexity index is 268. The van der Waals surface area contributed by atoms with Crippen molar-refractivity contribution in [3.05, 3.63) is 0 Å². The Morgan fingerprint density at radius 2 is 2.18 bits per heavy atom. The first kappa shape index (κ1) is 14.9. The van der Waals surface area contributed by atoms with Gasteiger partial charge in [0.05, 0.1) is 11.1 Å². The van der Waals surface area contributed by atoms with E-state index < -0.39 is 0 Å². The number of rotatable bonds is 5. The van der Waals surface area contributed by atoms with E-state index in [1.807, 2.05) is 7.11 Å². The van der Waals surface area contributed by atoms with Crippen LogP contribution in [0, 0.1) is 11.3 Å². The Morgan fingerprint density at radius 1 is 1.53 bits per heavy atom. The highest BCUT2D eigenvalue weighted by Crippen LogP contribution is 2.24. The Kier molecular flexibility index (Phi) is 5.35. The maximum absolute atomic E-state index is 5.75. The van der Waals surface area contributed by atoms with Crippen molar-refractivity contribution in [2.75, 3.05) is 26.7 Å². The lowest BCUT2D eigenvalue weighted by molar-refractivity contribution is -0.00658. The molecule has 0 saturated carbocycles. The van der Waals surface area contributed by atoms with Gasteiger partial charge >= 0.3 is 0 Å². The lowest BCUT2D eigenvalue weighted by Crippen LogP contribution is -2.45. The smallest absolute Gasteiger partial charge is 0.0784 e. The van der Waals surface area contributed by atoms with Crippen LogP contribution < -0.4 is 5.73 Å². The van der Waals surface area contributed by atoms with Gasteiger partial charge in [0.15, 0.2) is 0 Å². The molecule has 0 amide bonds. The van der Waals surface area contributed by atoms with Crippen LogP contribution in [0.3, 0.4) is 0 Å². The number of methoxy groups -OCH3 is 1. The standard InChI is InChI=1S/C13H26N2OS/c1-10-5-7-15(9-11(10)16-4)8-6-13(2,3)12(14)17/h10-11H,5-9H2,1-4H3,(H2,14,17). The molecule has 0 spiro atoms. The van der Waals surface area contributed by atoms with Crippen LogP contribution in [0.1, 0.15) is 33.6 Å². The number of hydrogen-bond acceptors (Lipinski definition) is 3. The van der Waals surface area contributed by atoms with Crippen LogP contribution >= 0.6 is 12.2 Å². The lowest BCUT2D eigenvalue weighted by atomic mass is 9.88. The fourth-order valence-corrected chi connectivity index (χ4v) is 2.27. The number of thiocarbonyl (C=S) groups is 1. The van der Waals surface area contributed by atoms with E-state index in [4.69, 9.17) is 22.7 Å². The molecule has 17 heavy (non-hydrogen) atoms. The van der Waals surface area contributed by atoms with Crippen LogP contribution in [0.4, 0.5) is 0 Å². The maximum Gasteiger partial charge on any atom is 0.0784 e. The number of likely N-dealkylation sites (tertiary alicyclic amines) is 1. The molecule has 0 bridgehead atoms. The zero-order chi connectivity index (χ0) is 13.1. The SMILES string of the molecule is COC1CN(CCC(C)(C)C(N)=S)CCC1C. The number of ether oxygens (including phenoxy) is 1. The third kappa shape index (κ3) is 4.19. The van der Waals surface area contributed by atoms with Crippen molar-refractivity contribution in [3.63, 3.8) is 0 Å². The van der Waals surface area contributed by atoms with Crippen molar-refractivity contribution >= 4 is 17.2 Å². The minimum atomic E-state index is -0.0407. The molecule has 1 aliphatic heterocycles. The Hall–Kier alpha value is -0.190. The Morgan fingerprint density at radius 3 is 2.71 bits per heavy atom. The molecule has 1 fully saturated rings. The van der Waals surface area contributed by atoms with Gasteiger partial charge in [-0.15, -0.1) is 0 Å². The summed E-state index contributed by atoms with van der Waals surface area (Å²) >= 11 is 5.10. The van der Waals surface area contributed by atoms with Gasteiger partial charge in [0.2, 0.25) is 0 Å². The molecule has 0 radical (unpaired) electrons. The molecule has 0 aromatic carbocycles. The van der Waals surface area contributed by atoms with Gasteiger partial charge in [0.25, 0.3) is 0 Å². The maximum atomic E-state index is 5.75. The third-order valence-electron chi connectivity index (χ3n) is 4.00. The van der Waals surface area contributed by atoms with Gasteiger partial charge in [-0.1, -0.05) is 33.0 Å². The second-order valence-electron chi connectivity index (χ2n) is 5.84. The minimum Gasteiger partial charge on any atom is -0.393 e. The molecular weight excluding hydrogens is 232 g/mol. The van der Waals surface area contributed by atoms with E-state index in [1.54, 1.807) is 0 Å². The Labute approximate surface area is 111 Å². The first-order valence-corrected chi connectivity index (χ1v) is 6.82. The van der Waals surface area contributed by atoms with E-state index >= 15 is 0 Å². The van der Waals surface area contributed by atoms with E-state index in [0.717, 1.165) is 26.1 Å². The zero-order valence-corrected chi connectivity index (χ0v) is 12.3. The first-order valence-electron chi connectivity index (χ1n) is 6.42. The van der Waals surface area contributed by atoms with Gasteiger partial charge < -0.3 is 15.4 Å². The number of nitrogens with two attached hydrogens (primary N) is 1. The zero-order valence-electron chi connectivity index (χ0n) is 11.5. The molecule has 3 nitrogen and oxygen atoms in total. The van der Waals surface area contributed by atoms with Crippen LogP contribution in [-0.2, 0) is 4.74 Å². The van der Waals surface area contributed by atoms with Crippen molar-refractivity contribution in [1.29, 1.82) is 0 Å². The summed E-state index contributed by atoms with van der Waals surface area (Å²) in [6.07, 6.45) is 2.61. The van der Waals surface area contributed by atoms with Crippen molar-refractivity contribution < 1.29 is 4.74 Å². The molecule has 2 N–H and O–H groups in total. The molecule has 2 atom stereocenters. The van der Waals surface area contributed by atoms with Gasteiger partial charge in [0, 0.05) is 19.1 Å². The van der Waals surface area contributed by atoms with Crippen LogP contribution in [0.5, 0.6) is 0 Å². The molecule has 1 saturated heterocycles. The predicted molar refractivity (Wildman–Crippen MR) is 76.2 cm³/mol. The van der Waals surface area contributed by atoms with Crippen LogP contribution in [0.15, 0.2) is 0 Å². The van der Waals surface area contributed by atoms with E-state index in [9.17, 15) is 0 Å². The van der Waals surface area contributed by atoms with Crippen molar-refractivity contribution in [3.8, 4) is 0 Å². The van der Waals surface area contributed by atoms with Crippen LogP contribution in [0.25, 0.3) is 0 Å². The van der Waals surface area contributed by atoms with Gasteiger partial charge in [-0.05, 0) is 31.8 Å². The minimum absolute atomic E-state index is 0.0407. The first-order chi connectivity index (χ1) is 7.86.